The van der Waals surface area contributed by atoms with Gasteiger partial charge in [0.1, 0.15) is 3.70 Å². The number of aromatic amines is 1. The summed E-state index contributed by atoms with van der Waals surface area (Å²) in [5.74, 6) is 0.614. The Morgan fingerprint density at radius 1 is 1.11 bits per heavy atom. The van der Waals surface area contributed by atoms with Gasteiger partial charge in [-0.3, -0.25) is 5.10 Å². The Morgan fingerprint density at radius 3 is 2.78 bits per heavy atom. The summed E-state index contributed by atoms with van der Waals surface area (Å²) in [6, 6.07) is 12.1. The fourth-order valence-corrected chi connectivity index (χ4v) is 3.14. The third-order valence-corrected chi connectivity index (χ3v) is 4.88. The maximum absolute atomic E-state index is 5.88. The first-order chi connectivity index (χ1) is 13.2. The molecule has 1 atom stereocenters. The van der Waals surface area contributed by atoms with Crippen molar-refractivity contribution in [2.45, 2.75) is 32.5 Å². The Bertz CT molecular complexity index is 826. The Hall–Kier alpha value is -1.71. The zero-order chi connectivity index (χ0) is 18.9. The smallest absolute Gasteiger partial charge is 0.214 e. The van der Waals surface area contributed by atoms with Crippen LogP contribution in [-0.4, -0.2) is 41.1 Å². The molecule has 0 fully saturated rings. The van der Waals surface area contributed by atoms with E-state index in [4.69, 9.17) is 14.2 Å². The van der Waals surface area contributed by atoms with Crippen LogP contribution in [0.2, 0.25) is 0 Å². The molecule has 0 aliphatic carbocycles. The first-order valence-electron chi connectivity index (χ1n) is 9.08. The number of halogens is 1. The molecule has 3 rings (SSSR count). The molecule has 1 unspecified atom stereocenters. The van der Waals surface area contributed by atoms with E-state index in [0.29, 0.717) is 32.3 Å². The second-order valence-electron chi connectivity index (χ2n) is 6.30. The average molecular weight is 481 g/mol. The predicted octanol–water partition coefficient (Wildman–Crippen LogP) is 4.34. The maximum atomic E-state index is 5.88. The van der Waals surface area contributed by atoms with Crippen LogP contribution in [0.1, 0.15) is 25.3 Å². The molecule has 0 radical (unpaired) electrons. The van der Waals surface area contributed by atoms with Gasteiger partial charge in [0.05, 0.1) is 31.0 Å². The van der Waals surface area contributed by atoms with Crippen LogP contribution in [0.3, 0.4) is 0 Å². The van der Waals surface area contributed by atoms with Crippen molar-refractivity contribution in [1.29, 1.82) is 0 Å². The maximum Gasteiger partial charge on any atom is 0.214 e. The summed E-state index contributed by atoms with van der Waals surface area (Å²) in [6.45, 7) is 4.73. The molecule has 144 valence electrons. The molecule has 1 aromatic carbocycles. The quantitative estimate of drug-likeness (QED) is 0.326. The topological polar surface area (TPSA) is 69.3 Å². The summed E-state index contributed by atoms with van der Waals surface area (Å²) in [5, 5.41) is 8.12. The largest absolute Gasteiger partial charge is 0.475 e. The van der Waals surface area contributed by atoms with Crippen molar-refractivity contribution in [2.75, 3.05) is 19.8 Å². The van der Waals surface area contributed by atoms with Gasteiger partial charge in [-0.05, 0) is 41.5 Å². The minimum Gasteiger partial charge on any atom is -0.475 e. The molecular formula is C20H24IN3O3. The summed E-state index contributed by atoms with van der Waals surface area (Å²) in [6.07, 6.45) is 3.49. The van der Waals surface area contributed by atoms with Crippen LogP contribution < -0.4 is 4.74 Å². The van der Waals surface area contributed by atoms with Gasteiger partial charge in [0.25, 0.3) is 0 Å². The summed E-state index contributed by atoms with van der Waals surface area (Å²) >= 11 is 2.19. The fourth-order valence-electron chi connectivity index (χ4n) is 2.57. The first kappa shape index (κ1) is 20.0. The molecule has 27 heavy (non-hydrogen) atoms. The van der Waals surface area contributed by atoms with Crippen molar-refractivity contribution in [3.8, 4) is 5.88 Å². The van der Waals surface area contributed by atoms with E-state index in [0.717, 1.165) is 27.4 Å². The number of ether oxygens (including phenoxy) is 3. The Labute approximate surface area is 172 Å². The molecule has 0 bridgehead atoms. The number of pyridine rings is 1. The van der Waals surface area contributed by atoms with Crippen LogP contribution in [0, 0.1) is 3.70 Å². The van der Waals surface area contributed by atoms with E-state index in [1.807, 2.05) is 31.2 Å². The van der Waals surface area contributed by atoms with Crippen molar-refractivity contribution in [3.63, 3.8) is 0 Å². The molecule has 3 aromatic rings. The monoisotopic (exact) mass is 481 g/mol. The third-order valence-electron chi connectivity index (χ3n) is 4.06. The lowest BCUT2D eigenvalue weighted by molar-refractivity contribution is 0.0632. The van der Waals surface area contributed by atoms with E-state index in [-0.39, 0.29) is 6.10 Å². The van der Waals surface area contributed by atoms with Crippen molar-refractivity contribution < 1.29 is 14.2 Å². The van der Waals surface area contributed by atoms with Crippen molar-refractivity contribution >= 4 is 33.5 Å². The number of nitrogens with one attached hydrogen (secondary N) is 1. The molecule has 6 nitrogen and oxygen atoms in total. The van der Waals surface area contributed by atoms with E-state index in [9.17, 15) is 0 Å². The third kappa shape index (κ3) is 6.44. The Kier molecular flexibility index (Phi) is 7.85. The van der Waals surface area contributed by atoms with Gasteiger partial charge in [-0.25, -0.2) is 4.98 Å². The molecule has 0 aliphatic heterocycles. The molecule has 0 saturated heterocycles. The number of rotatable bonds is 11. The molecule has 7 heteroatoms. The zero-order valence-corrected chi connectivity index (χ0v) is 17.5. The lowest BCUT2D eigenvalue weighted by atomic mass is 10.2. The highest BCUT2D eigenvalue weighted by molar-refractivity contribution is 14.1. The average Bonchev–Trinajstić information content (AvgIpc) is 3.05. The fraction of sp³-hybridized carbons (Fsp3) is 0.400. The minimum atomic E-state index is 0.0360. The minimum absolute atomic E-state index is 0.0360. The van der Waals surface area contributed by atoms with Crippen LogP contribution in [0.4, 0.5) is 0 Å². The standard InChI is InChI=1S/C20H24IN3O3/c1-15(27-19-12-17-18(13-22-19)23-24-20(17)21)8-11-25-9-5-10-26-14-16-6-3-2-4-7-16/h2-4,6-7,12-13,15H,5,8-11,14H2,1H3,(H,23,24). The molecule has 2 heterocycles. The normalized spacial score (nSPS) is 12.4. The summed E-state index contributed by atoms with van der Waals surface area (Å²) in [5.41, 5.74) is 2.11. The molecule has 0 aliphatic rings. The highest BCUT2D eigenvalue weighted by Crippen LogP contribution is 2.21. The zero-order valence-electron chi connectivity index (χ0n) is 15.4. The number of H-pyrrole nitrogens is 1. The van der Waals surface area contributed by atoms with E-state index < -0.39 is 0 Å². The summed E-state index contributed by atoms with van der Waals surface area (Å²) in [4.78, 5) is 4.31. The number of hydrogen-bond donors (Lipinski definition) is 1. The van der Waals surface area contributed by atoms with Crippen LogP contribution in [0.25, 0.3) is 10.9 Å². The van der Waals surface area contributed by atoms with E-state index in [2.05, 4.69) is 49.9 Å². The van der Waals surface area contributed by atoms with Crippen LogP contribution in [0.15, 0.2) is 42.6 Å². The summed E-state index contributed by atoms with van der Waals surface area (Å²) in [7, 11) is 0. The first-order valence-corrected chi connectivity index (χ1v) is 10.2. The molecule has 2 aromatic heterocycles. The van der Waals surface area contributed by atoms with Gasteiger partial charge in [-0.2, -0.15) is 5.10 Å². The van der Waals surface area contributed by atoms with Gasteiger partial charge in [0, 0.05) is 31.1 Å². The van der Waals surface area contributed by atoms with Crippen LogP contribution in [-0.2, 0) is 16.1 Å². The van der Waals surface area contributed by atoms with Crippen molar-refractivity contribution in [1.82, 2.24) is 15.2 Å². The second-order valence-corrected chi connectivity index (χ2v) is 7.33. The molecular weight excluding hydrogens is 457 g/mol. The lowest BCUT2D eigenvalue weighted by Crippen LogP contribution is -2.16. The van der Waals surface area contributed by atoms with Gasteiger partial charge in [-0.1, -0.05) is 30.3 Å². The number of fused-ring (bicyclic) bond motifs is 1. The van der Waals surface area contributed by atoms with Gasteiger partial charge in [-0.15, -0.1) is 0 Å². The molecule has 1 N–H and O–H groups in total. The summed E-state index contributed by atoms with van der Waals surface area (Å²) < 4.78 is 18.1. The lowest BCUT2D eigenvalue weighted by Gasteiger charge is -2.14. The van der Waals surface area contributed by atoms with Gasteiger partial charge < -0.3 is 14.2 Å². The van der Waals surface area contributed by atoms with Crippen LogP contribution in [0.5, 0.6) is 5.88 Å². The molecule has 0 spiro atoms. The Morgan fingerprint density at radius 2 is 1.93 bits per heavy atom. The van der Waals surface area contributed by atoms with Crippen molar-refractivity contribution in [2.24, 2.45) is 0 Å². The SMILES string of the molecule is CC(CCOCCCOCc1ccccc1)Oc1cc2c(I)n[nH]c2cn1. The number of benzene rings is 1. The predicted molar refractivity (Wildman–Crippen MR) is 113 cm³/mol. The number of hydrogen-bond acceptors (Lipinski definition) is 5. The Balaban J connectivity index is 1.26. The highest BCUT2D eigenvalue weighted by atomic mass is 127. The van der Waals surface area contributed by atoms with Crippen LogP contribution >= 0.6 is 22.6 Å². The second kappa shape index (κ2) is 10.6. The van der Waals surface area contributed by atoms with Gasteiger partial charge in [0.15, 0.2) is 0 Å². The van der Waals surface area contributed by atoms with Gasteiger partial charge >= 0.3 is 0 Å². The molecule has 0 saturated carbocycles. The highest BCUT2D eigenvalue weighted by Gasteiger charge is 2.09. The van der Waals surface area contributed by atoms with Crippen molar-refractivity contribution in [3.05, 3.63) is 51.9 Å². The van der Waals surface area contributed by atoms with E-state index in [1.54, 1.807) is 6.20 Å². The number of aromatic nitrogens is 3. The number of nitrogens with zero attached hydrogens (tertiary/aromatic N) is 2. The van der Waals surface area contributed by atoms with E-state index >= 15 is 0 Å². The van der Waals surface area contributed by atoms with Gasteiger partial charge in [0.2, 0.25) is 5.88 Å². The van der Waals surface area contributed by atoms with E-state index in [1.165, 1.54) is 5.56 Å². The molecule has 0 amide bonds.